The number of fused-ring (bicyclic) bond motifs is 1. The highest BCUT2D eigenvalue weighted by atomic mass is 19.1. The van der Waals surface area contributed by atoms with Gasteiger partial charge in [-0.05, 0) is 25.7 Å². The number of nitrogens with zero attached hydrogens (tertiary/aromatic N) is 2. The lowest BCUT2D eigenvalue weighted by Gasteiger charge is -2.14. The summed E-state index contributed by atoms with van der Waals surface area (Å²) in [5.41, 5.74) is 0.272. The highest BCUT2D eigenvalue weighted by molar-refractivity contribution is 5.82. The number of hydrogen-bond acceptors (Lipinski definition) is 5. The molecule has 0 bridgehead atoms. The van der Waals surface area contributed by atoms with E-state index in [1.807, 2.05) is 19.0 Å². The van der Waals surface area contributed by atoms with Gasteiger partial charge in [-0.3, -0.25) is 0 Å². The second-order valence-electron chi connectivity index (χ2n) is 5.37. The van der Waals surface area contributed by atoms with Gasteiger partial charge in [-0.1, -0.05) is 0 Å². The Bertz CT molecular complexity index is 768. The van der Waals surface area contributed by atoms with E-state index >= 15 is 0 Å². The Hall–Kier alpha value is -2.41. The van der Waals surface area contributed by atoms with Crippen LogP contribution in [0.3, 0.4) is 0 Å². The fourth-order valence-electron chi connectivity index (χ4n) is 1.96. The molecule has 0 fully saturated rings. The van der Waals surface area contributed by atoms with Gasteiger partial charge in [0.25, 0.3) is 0 Å². The molecular formula is C15H17FN2O4. The van der Waals surface area contributed by atoms with Crippen LogP contribution in [0.5, 0.6) is 5.75 Å². The van der Waals surface area contributed by atoms with Gasteiger partial charge in [0.2, 0.25) is 0 Å². The second-order valence-corrected chi connectivity index (χ2v) is 5.37. The van der Waals surface area contributed by atoms with Crippen molar-refractivity contribution in [2.75, 3.05) is 28.2 Å². The molecule has 0 aliphatic rings. The minimum absolute atomic E-state index is 0.173. The molecule has 2 rings (SSSR count). The minimum atomic E-state index is -0.718. The monoisotopic (exact) mass is 308 g/mol. The van der Waals surface area contributed by atoms with E-state index in [-0.39, 0.29) is 11.3 Å². The maximum atomic E-state index is 14.1. The maximum absolute atomic E-state index is 14.1. The van der Waals surface area contributed by atoms with E-state index in [4.69, 9.17) is 9.15 Å². The van der Waals surface area contributed by atoms with E-state index in [1.165, 1.54) is 37.2 Å². The molecule has 0 saturated carbocycles. The molecule has 0 aliphatic carbocycles. The third-order valence-corrected chi connectivity index (χ3v) is 2.93. The fraction of sp³-hybridized carbons (Fsp3) is 0.333. The quantitative estimate of drug-likeness (QED) is 0.812. The highest BCUT2D eigenvalue weighted by Crippen LogP contribution is 2.27. The van der Waals surface area contributed by atoms with Crippen molar-refractivity contribution in [3.05, 3.63) is 40.0 Å². The van der Waals surface area contributed by atoms with E-state index < -0.39 is 17.5 Å². The number of hydrogen-bond donors (Lipinski definition) is 0. The lowest BCUT2D eigenvalue weighted by atomic mass is 10.1. The molecule has 1 aromatic carbocycles. The molecule has 1 heterocycles. The highest BCUT2D eigenvalue weighted by Gasteiger charge is 2.16. The second kappa shape index (κ2) is 6.15. The Morgan fingerprint density at radius 2 is 1.91 bits per heavy atom. The van der Waals surface area contributed by atoms with Crippen LogP contribution in [0.1, 0.15) is 5.56 Å². The van der Waals surface area contributed by atoms with Gasteiger partial charge in [-0.25, -0.2) is 14.0 Å². The molecule has 22 heavy (non-hydrogen) atoms. The summed E-state index contributed by atoms with van der Waals surface area (Å²) in [6, 6.07) is 3.75. The van der Waals surface area contributed by atoms with Crippen LogP contribution in [0.4, 0.5) is 9.18 Å². The predicted molar refractivity (Wildman–Crippen MR) is 79.5 cm³/mol. The van der Waals surface area contributed by atoms with Crippen LogP contribution in [0.2, 0.25) is 0 Å². The van der Waals surface area contributed by atoms with Crippen LogP contribution in [0, 0.1) is 5.82 Å². The SMILES string of the molecule is CN(C)Cc1cc(=O)oc2cc(OC(=O)N(C)C)c(F)cc12. The third kappa shape index (κ3) is 3.43. The van der Waals surface area contributed by atoms with Gasteiger partial charge in [0, 0.05) is 38.2 Å². The van der Waals surface area contributed by atoms with Crippen molar-refractivity contribution in [2.24, 2.45) is 0 Å². The molecule has 0 radical (unpaired) electrons. The summed E-state index contributed by atoms with van der Waals surface area (Å²) in [6.07, 6.45) is -0.718. The lowest BCUT2D eigenvalue weighted by molar-refractivity contribution is 0.170. The van der Waals surface area contributed by atoms with Crippen LogP contribution >= 0.6 is 0 Å². The first-order valence-corrected chi connectivity index (χ1v) is 6.58. The zero-order valence-electron chi connectivity index (χ0n) is 12.8. The van der Waals surface area contributed by atoms with Crippen molar-refractivity contribution < 1.29 is 18.3 Å². The topological polar surface area (TPSA) is 63.0 Å². The minimum Gasteiger partial charge on any atom is -0.423 e. The molecule has 118 valence electrons. The van der Waals surface area contributed by atoms with Crippen LogP contribution < -0.4 is 10.4 Å². The summed E-state index contributed by atoms with van der Waals surface area (Å²) in [5, 5.41) is 0.468. The average Bonchev–Trinajstić information content (AvgIpc) is 2.39. The first-order chi connectivity index (χ1) is 10.3. The van der Waals surface area contributed by atoms with E-state index in [0.29, 0.717) is 17.5 Å². The van der Waals surface area contributed by atoms with Gasteiger partial charge in [-0.2, -0.15) is 0 Å². The normalized spacial score (nSPS) is 11.0. The number of halogens is 1. The molecule has 1 aromatic heterocycles. The Kier molecular flexibility index (Phi) is 4.46. The van der Waals surface area contributed by atoms with Crippen molar-refractivity contribution in [2.45, 2.75) is 6.54 Å². The lowest BCUT2D eigenvalue weighted by Crippen LogP contribution is -2.25. The number of amides is 1. The molecular weight excluding hydrogens is 291 g/mol. The first kappa shape index (κ1) is 16.0. The smallest absolute Gasteiger partial charge is 0.414 e. The van der Waals surface area contributed by atoms with E-state index in [1.54, 1.807) is 0 Å². The maximum Gasteiger partial charge on any atom is 0.414 e. The summed E-state index contributed by atoms with van der Waals surface area (Å²) in [5.74, 6) is -0.979. The van der Waals surface area contributed by atoms with Gasteiger partial charge >= 0.3 is 11.7 Å². The number of ether oxygens (including phenoxy) is 1. The Labute approximate surface area is 126 Å². The van der Waals surface area contributed by atoms with Gasteiger partial charge in [0.15, 0.2) is 11.6 Å². The Balaban J connectivity index is 2.54. The zero-order valence-corrected chi connectivity index (χ0v) is 12.8. The van der Waals surface area contributed by atoms with Crippen molar-refractivity contribution >= 4 is 17.1 Å². The van der Waals surface area contributed by atoms with Crippen LogP contribution in [0.25, 0.3) is 11.0 Å². The molecule has 0 spiro atoms. The van der Waals surface area contributed by atoms with Crippen LogP contribution in [0.15, 0.2) is 27.4 Å². The van der Waals surface area contributed by atoms with Crippen molar-refractivity contribution in [3.8, 4) is 5.75 Å². The number of carbonyl (C=O) groups excluding carboxylic acids is 1. The average molecular weight is 308 g/mol. The number of carbonyl (C=O) groups is 1. The van der Waals surface area contributed by atoms with E-state index in [2.05, 4.69) is 0 Å². The summed E-state index contributed by atoms with van der Waals surface area (Å²) in [6.45, 7) is 0.457. The molecule has 6 nitrogen and oxygen atoms in total. The third-order valence-electron chi connectivity index (χ3n) is 2.93. The van der Waals surface area contributed by atoms with Gasteiger partial charge < -0.3 is 19.0 Å². The number of rotatable bonds is 3. The van der Waals surface area contributed by atoms with E-state index in [0.717, 1.165) is 0 Å². The van der Waals surface area contributed by atoms with Crippen LogP contribution in [-0.2, 0) is 6.54 Å². The summed E-state index contributed by atoms with van der Waals surface area (Å²) >= 11 is 0. The zero-order chi connectivity index (χ0) is 16.4. The van der Waals surface area contributed by atoms with Gasteiger partial charge in [-0.15, -0.1) is 0 Å². The standard InChI is InChI=1S/C15H17FN2O4/c1-17(2)8-9-5-14(19)21-12-7-13(11(16)6-10(9)12)22-15(20)18(3)4/h5-7H,8H2,1-4H3. The molecule has 0 aliphatic heterocycles. The summed E-state index contributed by atoms with van der Waals surface area (Å²) in [4.78, 5) is 26.2. The van der Waals surface area contributed by atoms with Gasteiger partial charge in [0.1, 0.15) is 5.58 Å². The van der Waals surface area contributed by atoms with Crippen molar-refractivity contribution in [1.29, 1.82) is 0 Å². The molecule has 1 amide bonds. The van der Waals surface area contributed by atoms with Gasteiger partial charge in [0.05, 0.1) is 0 Å². The molecule has 0 N–H and O–H groups in total. The molecule has 0 saturated heterocycles. The largest absolute Gasteiger partial charge is 0.423 e. The fourth-order valence-corrected chi connectivity index (χ4v) is 1.96. The van der Waals surface area contributed by atoms with E-state index in [9.17, 15) is 14.0 Å². The molecule has 0 unspecified atom stereocenters. The molecule has 7 heteroatoms. The van der Waals surface area contributed by atoms with Crippen LogP contribution in [-0.4, -0.2) is 44.1 Å². The summed E-state index contributed by atoms with van der Waals surface area (Å²) in [7, 11) is 6.64. The number of benzene rings is 1. The Morgan fingerprint density at radius 1 is 1.23 bits per heavy atom. The molecule has 2 aromatic rings. The Morgan fingerprint density at radius 3 is 2.50 bits per heavy atom. The summed E-state index contributed by atoms with van der Waals surface area (Å²) < 4.78 is 24.1. The first-order valence-electron chi connectivity index (χ1n) is 6.58. The van der Waals surface area contributed by atoms with Crippen molar-refractivity contribution in [3.63, 3.8) is 0 Å². The predicted octanol–water partition coefficient (Wildman–Crippen LogP) is 2.05. The van der Waals surface area contributed by atoms with Crippen molar-refractivity contribution in [1.82, 2.24) is 9.80 Å². The molecule has 0 atom stereocenters.